The molecule has 128 valence electrons. The number of likely N-dealkylation sites (tertiary alicyclic amines) is 1. The predicted octanol–water partition coefficient (Wildman–Crippen LogP) is 3.94. The van der Waals surface area contributed by atoms with E-state index in [-0.39, 0.29) is 0 Å². The molecule has 2 fully saturated rings. The minimum Gasteiger partial charge on any atom is -0.330 e. The lowest BCUT2D eigenvalue weighted by atomic mass is 9.80. The van der Waals surface area contributed by atoms with Gasteiger partial charge < -0.3 is 5.73 Å². The van der Waals surface area contributed by atoms with Crippen molar-refractivity contribution in [1.82, 2.24) is 9.88 Å². The molecule has 1 saturated heterocycles. The minimum absolute atomic E-state index is 0.592. The van der Waals surface area contributed by atoms with E-state index < -0.39 is 0 Å². The van der Waals surface area contributed by atoms with Crippen LogP contribution in [-0.4, -0.2) is 30.0 Å². The van der Waals surface area contributed by atoms with Gasteiger partial charge >= 0.3 is 0 Å². The molecule has 2 N–H and O–H groups in total. The predicted molar refractivity (Wildman–Crippen MR) is 96.3 cm³/mol. The number of nitrogens with zero attached hydrogens (tertiary/aromatic N) is 2. The van der Waals surface area contributed by atoms with E-state index >= 15 is 0 Å². The summed E-state index contributed by atoms with van der Waals surface area (Å²) in [7, 11) is 2.23. The first-order valence-corrected chi connectivity index (χ1v) is 9.61. The van der Waals surface area contributed by atoms with Gasteiger partial charge in [0, 0.05) is 17.9 Å². The molecule has 2 aliphatic rings. The van der Waals surface area contributed by atoms with Gasteiger partial charge in [-0.15, -0.1) is 0 Å². The molecule has 3 nitrogen and oxygen atoms in total. The van der Waals surface area contributed by atoms with Gasteiger partial charge in [-0.25, -0.2) is 0 Å². The van der Waals surface area contributed by atoms with Gasteiger partial charge in [-0.3, -0.25) is 9.88 Å². The monoisotopic (exact) mass is 315 g/mol. The maximum Gasteiger partial charge on any atom is 0.0403 e. The number of nitrogens with two attached hydrogens (primary N) is 1. The van der Waals surface area contributed by atoms with E-state index in [4.69, 9.17) is 10.7 Å². The fraction of sp³-hybridized carbons (Fsp3) is 0.750. The van der Waals surface area contributed by atoms with Crippen LogP contribution in [0.1, 0.15) is 68.7 Å². The summed E-state index contributed by atoms with van der Waals surface area (Å²) in [5, 5.41) is 0. The lowest BCUT2D eigenvalue weighted by Crippen LogP contribution is -2.21. The van der Waals surface area contributed by atoms with Crippen molar-refractivity contribution in [3.8, 4) is 0 Å². The SMILES string of the molecule is CN1CCCC1c1ccc(CCC[C@H]2CC[C@H](CN)CC2)nc1. The first-order valence-electron chi connectivity index (χ1n) is 9.61. The van der Waals surface area contributed by atoms with Gasteiger partial charge in [0.2, 0.25) is 0 Å². The van der Waals surface area contributed by atoms with Gasteiger partial charge in [0.15, 0.2) is 0 Å². The van der Waals surface area contributed by atoms with E-state index in [0.29, 0.717) is 6.04 Å². The zero-order chi connectivity index (χ0) is 16.1. The van der Waals surface area contributed by atoms with Gasteiger partial charge in [0.1, 0.15) is 0 Å². The highest BCUT2D eigenvalue weighted by Gasteiger charge is 2.22. The van der Waals surface area contributed by atoms with Crippen molar-refractivity contribution in [2.45, 2.75) is 63.8 Å². The molecule has 1 aliphatic heterocycles. The highest BCUT2D eigenvalue weighted by Crippen LogP contribution is 2.32. The number of aromatic nitrogens is 1. The topological polar surface area (TPSA) is 42.1 Å². The third-order valence-electron chi connectivity index (χ3n) is 6.10. The molecule has 1 saturated carbocycles. The average Bonchev–Trinajstić information content (AvgIpc) is 3.02. The third-order valence-corrected chi connectivity index (χ3v) is 6.10. The first-order chi connectivity index (χ1) is 11.3. The van der Waals surface area contributed by atoms with Gasteiger partial charge in [0.25, 0.3) is 0 Å². The van der Waals surface area contributed by atoms with E-state index in [1.165, 1.54) is 69.2 Å². The fourth-order valence-electron chi connectivity index (χ4n) is 4.44. The number of aryl methyl sites for hydroxylation is 1. The Labute approximate surface area is 141 Å². The Morgan fingerprint density at radius 2 is 1.91 bits per heavy atom. The van der Waals surface area contributed by atoms with Crippen molar-refractivity contribution in [3.63, 3.8) is 0 Å². The summed E-state index contributed by atoms with van der Waals surface area (Å²) in [5.74, 6) is 1.73. The van der Waals surface area contributed by atoms with Crippen molar-refractivity contribution in [2.75, 3.05) is 20.1 Å². The lowest BCUT2D eigenvalue weighted by Gasteiger charge is -2.27. The molecule has 1 unspecified atom stereocenters. The number of hydrogen-bond acceptors (Lipinski definition) is 3. The second-order valence-electron chi connectivity index (χ2n) is 7.74. The van der Waals surface area contributed by atoms with E-state index in [1.807, 2.05) is 0 Å². The standard InChI is InChI=1S/C20H33N3/c1-23-13-3-6-20(23)18-11-12-19(22-15-18)5-2-4-16-7-9-17(14-21)10-8-16/h11-12,15-17,20H,2-10,13-14,21H2,1H3/t16-,17-,20?. The second kappa shape index (κ2) is 8.25. The van der Waals surface area contributed by atoms with Crippen LogP contribution in [0.3, 0.4) is 0 Å². The summed E-state index contributed by atoms with van der Waals surface area (Å²) >= 11 is 0. The zero-order valence-corrected chi connectivity index (χ0v) is 14.7. The van der Waals surface area contributed by atoms with Crippen molar-refractivity contribution in [2.24, 2.45) is 17.6 Å². The zero-order valence-electron chi connectivity index (χ0n) is 14.7. The van der Waals surface area contributed by atoms with E-state index in [1.54, 1.807) is 0 Å². The Morgan fingerprint density at radius 1 is 1.13 bits per heavy atom. The van der Waals surface area contributed by atoms with E-state index in [2.05, 4.69) is 30.3 Å². The molecule has 1 aliphatic carbocycles. The molecule has 2 heterocycles. The molecular weight excluding hydrogens is 282 g/mol. The lowest BCUT2D eigenvalue weighted by molar-refractivity contribution is 0.264. The maximum absolute atomic E-state index is 5.78. The molecule has 0 radical (unpaired) electrons. The van der Waals surface area contributed by atoms with Crippen molar-refractivity contribution in [3.05, 3.63) is 29.6 Å². The summed E-state index contributed by atoms with van der Waals surface area (Å²) in [5.41, 5.74) is 8.45. The van der Waals surface area contributed by atoms with Crippen LogP contribution in [0, 0.1) is 11.8 Å². The van der Waals surface area contributed by atoms with Gasteiger partial charge in [0.05, 0.1) is 0 Å². The van der Waals surface area contributed by atoms with Crippen LogP contribution in [0.2, 0.25) is 0 Å². The maximum atomic E-state index is 5.78. The van der Waals surface area contributed by atoms with Crippen LogP contribution >= 0.6 is 0 Å². The molecule has 1 aromatic rings. The molecule has 0 bridgehead atoms. The summed E-state index contributed by atoms with van der Waals surface area (Å²) in [6.07, 6.45) is 14.0. The summed E-state index contributed by atoms with van der Waals surface area (Å²) in [4.78, 5) is 7.18. The Bertz CT molecular complexity index is 462. The van der Waals surface area contributed by atoms with E-state index in [0.717, 1.165) is 24.8 Å². The third kappa shape index (κ3) is 4.54. The molecule has 3 heteroatoms. The fourth-order valence-corrected chi connectivity index (χ4v) is 4.44. The molecule has 1 atom stereocenters. The normalized spacial score (nSPS) is 29.0. The van der Waals surface area contributed by atoms with Crippen molar-refractivity contribution >= 4 is 0 Å². The minimum atomic E-state index is 0.592. The summed E-state index contributed by atoms with van der Waals surface area (Å²) in [6, 6.07) is 5.16. The highest BCUT2D eigenvalue weighted by molar-refractivity contribution is 5.19. The molecule has 3 rings (SSSR count). The van der Waals surface area contributed by atoms with Gasteiger partial charge in [-0.1, -0.05) is 25.3 Å². The molecule has 0 aromatic carbocycles. The van der Waals surface area contributed by atoms with Crippen LogP contribution in [0.5, 0.6) is 0 Å². The van der Waals surface area contributed by atoms with Crippen LogP contribution in [0.25, 0.3) is 0 Å². The van der Waals surface area contributed by atoms with Crippen LogP contribution in [0.4, 0.5) is 0 Å². The van der Waals surface area contributed by atoms with Crippen LogP contribution in [0.15, 0.2) is 18.3 Å². The van der Waals surface area contributed by atoms with Crippen molar-refractivity contribution < 1.29 is 0 Å². The van der Waals surface area contributed by atoms with Crippen LogP contribution < -0.4 is 5.73 Å². The van der Waals surface area contributed by atoms with E-state index in [9.17, 15) is 0 Å². The second-order valence-corrected chi connectivity index (χ2v) is 7.74. The molecule has 0 amide bonds. The number of hydrogen-bond donors (Lipinski definition) is 1. The summed E-state index contributed by atoms with van der Waals surface area (Å²) in [6.45, 7) is 2.11. The molecule has 1 aromatic heterocycles. The quantitative estimate of drug-likeness (QED) is 0.864. The Hall–Kier alpha value is -0.930. The Morgan fingerprint density at radius 3 is 2.52 bits per heavy atom. The first kappa shape index (κ1) is 16.9. The molecule has 0 spiro atoms. The molecule has 23 heavy (non-hydrogen) atoms. The summed E-state index contributed by atoms with van der Waals surface area (Å²) < 4.78 is 0. The van der Waals surface area contributed by atoms with Crippen LogP contribution in [-0.2, 0) is 6.42 Å². The highest BCUT2D eigenvalue weighted by atomic mass is 15.1. The largest absolute Gasteiger partial charge is 0.330 e. The van der Waals surface area contributed by atoms with Gasteiger partial charge in [-0.05, 0) is 82.1 Å². The smallest absolute Gasteiger partial charge is 0.0403 e. The molecular formula is C20H33N3. The number of pyridine rings is 1. The average molecular weight is 316 g/mol. The van der Waals surface area contributed by atoms with Gasteiger partial charge in [-0.2, -0.15) is 0 Å². The van der Waals surface area contributed by atoms with Crippen molar-refractivity contribution in [1.29, 1.82) is 0 Å². The Balaban J connectivity index is 1.41. The Kier molecular flexibility index (Phi) is 6.07. The number of rotatable bonds is 6.